The van der Waals surface area contributed by atoms with Crippen LogP contribution in [-0.2, 0) is 33.2 Å². The van der Waals surface area contributed by atoms with Crippen molar-refractivity contribution in [3.8, 4) is 0 Å². The van der Waals surface area contributed by atoms with E-state index in [-0.39, 0.29) is 0 Å². The fourth-order valence-corrected chi connectivity index (χ4v) is 1.87. The van der Waals surface area contributed by atoms with E-state index in [1.54, 1.807) is 0 Å². The average molecular weight is 425 g/mol. The van der Waals surface area contributed by atoms with Crippen LogP contribution in [-0.4, -0.2) is 105 Å². The minimum absolute atomic E-state index is 0.403. The molecule has 0 aliphatic rings. The van der Waals surface area contributed by atoms with Crippen molar-refractivity contribution < 1.29 is 38.0 Å². The molecular weight excluding hydrogens is 384 g/mol. The van der Waals surface area contributed by atoms with E-state index in [9.17, 15) is 4.79 Å². The number of carbonyl (C=O) groups excluding carboxylic acids is 1. The Bertz CT molecular complexity index is 337. The predicted octanol–water partition coefficient (Wildman–Crippen LogP) is 0.571. The van der Waals surface area contributed by atoms with Gasteiger partial charge in [0.1, 0.15) is 0 Å². The highest BCUT2D eigenvalue weighted by atomic mass is 16.6. The Kier molecular flexibility index (Phi) is 24.2. The highest BCUT2D eigenvalue weighted by Gasteiger charge is 2.00. The molecule has 174 valence electrons. The zero-order valence-electron chi connectivity index (χ0n) is 17.9. The molecule has 0 bridgehead atoms. The summed E-state index contributed by atoms with van der Waals surface area (Å²) in [7, 11) is 0. The third-order valence-electron chi connectivity index (χ3n) is 3.37. The average Bonchev–Trinajstić information content (AvgIpc) is 2.72. The SMILES string of the molecule is CCCCOC(=O)NCCOCCOCCOCCOCCOCCOCCN. The molecule has 29 heavy (non-hydrogen) atoms. The van der Waals surface area contributed by atoms with Crippen molar-refractivity contribution in [3.05, 3.63) is 0 Å². The summed E-state index contributed by atoms with van der Waals surface area (Å²) in [6, 6.07) is 0. The molecule has 0 atom stereocenters. The van der Waals surface area contributed by atoms with E-state index in [0.717, 1.165) is 12.8 Å². The quantitative estimate of drug-likeness (QED) is 0.227. The van der Waals surface area contributed by atoms with Crippen molar-refractivity contribution in [1.29, 1.82) is 0 Å². The fourth-order valence-electron chi connectivity index (χ4n) is 1.87. The van der Waals surface area contributed by atoms with Gasteiger partial charge in [-0.25, -0.2) is 4.79 Å². The number of rotatable bonds is 23. The van der Waals surface area contributed by atoms with E-state index in [1.165, 1.54) is 0 Å². The molecule has 1 amide bonds. The molecular formula is C19H40N2O8. The molecule has 0 aromatic heterocycles. The van der Waals surface area contributed by atoms with Crippen LogP contribution in [0.15, 0.2) is 0 Å². The van der Waals surface area contributed by atoms with Gasteiger partial charge >= 0.3 is 6.09 Å². The first-order valence-electron chi connectivity index (χ1n) is 10.4. The Morgan fingerprint density at radius 1 is 0.655 bits per heavy atom. The van der Waals surface area contributed by atoms with E-state index in [4.69, 9.17) is 38.9 Å². The molecule has 10 heteroatoms. The summed E-state index contributed by atoms with van der Waals surface area (Å²) in [5, 5.41) is 2.62. The Morgan fingerprint density at radius 3 is 1.48 bits per heavy atom. The van der Waals surface area contributed by atoms with E-state index < -0.39 is 6.09 Å². The number of amides is 1. The van der Waals surface area contributed by atoms with Crippen molar-refractivity contribution >= 4 is 6.09 Å². The van der Waals surface area contributed by atoms with Crippen LogP contribution < -0.4 is 11.1 Å². The molecule has 0 fully saturated rings. The van der Waals surface area contributed by atoms with Gasteiger partial charge in [0.15, 0.2) is 0 Å². The van der Waals surface area contributed by atoms with Crippen molar-refractivity contribution in [2.75, 3.05) is 99.0 Å². The molecule has 0 aromatic rings. The fraction of sp³-hybridized carbons (Fsp3) is 0.947. The number of hydrogen-bond acceptors (Lipinski definition) is 9. The van der Waals surface area contributed by atoms with Gasteiger partial charge in [-0.3, -0.25) is 0 Å². The molecule has 0 saturated heterocycles. The maximum absolute atomic E-state index is 11.3. The second kappa shape index (κ2) is 25.0. The minimum atomic E-state index is -0.403. The zero-order valence-corrected chi connectivity index (χ0v) is 17.9. The second-order valence-corrected chi connectivity index (χ2v) is 5.88. The summed E-state index contributed by atoms with van der Waals surface area (Å²) < 4.78 is 37.0. The number of alkyl carbamates (subject to hydrolysis) is 1. The summed E-state index contributed by atoms with van der Waals surface area (Å²) in [6.45, 7) is 9.55. The van der Waals surface area contributed by atoms with Crippen LogP contribution in [0.4, 0.5) is 4.79 Å². The first kappa shape index (κ1) is 28.0. The summed E-state index contributed by atoms with van der Waals surface area (Å²) in [6.07, 6.45) is 1.47. The lowest BCUT2D eigenvalue weighted by molar-refractivity contribution is -0.0162. The molecule has 0 heterocycles. The van der Waals surface area contributed by atoms with Crippen LogP contribution in [0, 0.1) is 0 Å². The minimum Gasteiger partial charge on any atom is -0.450 e. The summed E-state index contributed by atoms with van der Waals surface area (Å²) in [5.41, 5.74) is 5.30. The predicted molar refractivity (Wildman–Crippen MR) is 108 cm³/mol. The summed E-state index contributed by atoms with van der Waals surface area (Å²) >= 11 is 0. The van der Waals surface area contributed by atoms with E-state index in [2.05, 4.69) is 5.32 Å². The smallest absolute Gasteiger partial charge is 0.407 e. The van der Waals surface area contributed by atoms with Gasteiger partial charge in [-0.15, -0.1) is 0 Å². The Morgan fingerprint density at radius 2 is 1.07 bits per heavy atom. The van der Waals surface area contributed by atoms with Crippen LogP contribution in [0.5, 0.6) is 0 Å². The number of unbranched alkanes of at least 4 members (excludes halogenated alkanes) is 1. The Balaban J connectivity index is 3.06. The van der Waals surface area contributed by atoms with Gasteiger partial charge in [0.2, 0.25) is 0 Å². The zero-order chi connectivity index (χ0) is 21.3. The van der Waals surface area contributed by atoms with Crippen LogP contribution in [0.1, 0.15) is 19.8 Å². The van der Waals surface area contributed by atoms with Crippen molar-refractivity contribution in [1.82, 2.24) is 5.32 Å². The number of carbonyl (C=O) groups is 1. The van der Waals surface area contributed by atoms with E-state index in [0.29, 0.717) is 99.0 Å². The highest BCUT2D eigenvalue weighted by molar-refractivity contribution is 5.66. The lowest BCUT2D eigenvalue weighted by atomic mass is 10.4. The van der Waals surface area contributed by atoms with Gasteiger partial charge in [-0.1, -0.05) is 13.3 Å². The molecule has 0 saturated carbocycles. The lowest BCUT2D eigenvalue weighted by Crippen LogP contribution is -2.28. The Labute approximate surface area is 174 Å². The third kappa shape index (κ3) is 25.0. The molecule has 0 aliphatic carbocycles. The summed E-state index contributed by atoms with van der Waals surface area (Å²) in [5.74, 6) is 0. The third-order valence-corrected chi connectivity index (χ3v) is 3.37. The Hall–Kier alpha value is -1.01. The maximum Gasteiger partial charge on any atom is 0.407 e. The largest absolute Gasteiger partial charge is 0.450 e. The van der Waals surface area contributed by atoms with Gasteiger partial charge < -0.3 is 44.2 Å². The lowest BCUT2D eigenvalue weighted by Gasteiger charge is -2.08. The van der Waals surface area contributed by atoms with Gasteiger partial charge in [0.05, 0.1) is 85.9 Å². The molecule has 3 N–H and O–H groups in total. The van der Waals surface area contributed by atoms with Crippen molar-refractivity contribution in [3.63, 3.8) is 0 Å². The van der Waals surface area contributed by atoms with Gasteiger partial charge in [0, 0.05) is 13.1 Å². The number of nitrogens with one attached hydrogen (secondary N) is 1. The molecule has 0 unspecified atom stereocenters. The van der Waals surface area contributed by atoms with E-state index in [1.807, 2.05) is 6.92 Å². The number of hydrogen-bond donors (Lipinski definition) is 2. The van der Waals surface area contributed by atoms with Crippen LogP contribution in [0.3, 0.4) is 0 Å². The van der Waals surface area contributed by atoms with Crippen LogP contribution >= 0.6 is 0 Å². The maximum atomic E-state index is 11.3. The molecule has 0 aliphatic heterocycles. The molecule has 0 radical (unpaired) electrons. The van der Waals surface area contributed by atoms with E-state index >= 15 is 0 Å². The highest BCUT2D eigenvalue weighted by Crippen LogP contribution is 1.88. The summed E-state index contributed by atoms with van der Waals surface area (Å²) in [4.78, 5) is 11.3. The van der Waals surface area contributed by atoms with Gasteiger partial charge in [-0.05, 0) is 6.42 Å². The molecule has 0 spiro atoms. The molecule has 10 nitrogen and oxygen atoms in total. The van der Waals surface area contributed by atoms with Gasteiger partial charge in [0.25, 0.3) is 0 Å². The second-order valence-electron chi connectivity index (χ2n) is 5.88. The molecule has 0 rings (SSSR count). The standard InChI is InChI=1S/C19H40N2O8/c1-2-3-6-29-19(22)21-5-8-24-10-12-26-14-16-28-18-17-27-15-13-25-11-9-23-7-4-20/h2-18,20H2,1H3,(H,21,22). The normalized spacial score (nSPS) is 11.0. The van der Waals surface area contributed by atoms with Crippen LogP contribution in [0.2, 0.25) is 0 Å². The first-order chi connectivity index (χ1) is 14.3. The number of nitrogens with two attached hydrogens (primary N) is 1. The van der Waals surface area contributed by atoms with Crippen molar-refractivity contribution in [2.24, 2.45) is 5.73 Å². The van der Waals surface area contributed by atoms with Crippen LogP contribution in [0.25, 0.3) is 0 Å². The monoisotopic (exact) mass is 424 g/mol. The van der Waals surface area contributed by atoms with Gasteiger partial charge in [-0.2, -0.15) is 0 Å². The number of ether oxygens (including phenoxy) is 7. The first-order valence-corrected chi connectivity index (χ1v) is 10.4. The topological polar surface area (TPSA) is 120 Å². The molecule has 0 aromatic carbocycles. The van der Waals surface area contributed by atoms with Crippen molar-refractivity contribution in [2.45, 2.75) is 19.8 Å².